The summed E-state index contributed by atoms with van der Waals surface area (Å²) < 4.78 is 1.77. The van der Waals surface area contributed by atoms with Crippen molar-refractivity contribution in [2.45, 2.75) is 47.3 Å². The van der Waals surface area contributed by atoms with E-state index in [-0.39, 0.29) is 6.10 Å². The van der Waals surface area contributed by atoms with Crippen molar-refractivity contribution in [2.75, 3.05) is 0 Å². The van der Waals surface area contributed by atoms with Crippen LogP contribution in [0.1, 0.15) is 32.0 Å². The molecule has 13 heavy (non-hydrogen) atoms. The van der Waals surface area contributed by atoms with Crippen molar-refractivity contribution >= 4 is 0 Å². The number of aromatic nitrogens is 2. The van der Waals surface area contributed by atoms with Crippen molar-refractivity contribution in [3.8, 4) is 0 Å². The number of nitrogens with zero attached hydrogens (tertiary/aromatic N) is 2. The summed E-state index contributed by atoms with van der Waals surface area (Å²) in [7, 11) is 0. The van der Waals surface area contributed by atoms with Crippen LogP contribution in [0.5, 0.6) is 0 Å². The third kappa shape index (κ3) is 4.08. The predicted octanol–water partition coefficient (Wildman–Crippen LogP) is 1.91. The highest BCUT2D eigenvalue weighted by Crippen LogP contribution is 2.02. The zero-order chi connectivity index (χ0) is 10.4. The summed E-state index contributed by atoms with van der Waals surface area (Å²) in [5.74, 6) is 0. The highest BCUT2D eigenvalue weighted by molar-refractivity contribution is 5.12. The quantitative estimate of drug-likeness (QED) is 0.762. The van der Waals surface area contributed by atoms with Gasteiger partial charge >= 0.3 is 0 Å². The molecule has 0 fully saturated rings. The van der Waals surface area contributed by atoms with E-state index in [0.29, 0.717) is 6.54 Å². The van der Waals surface area contributed by atoms with E-state index < -0.39 is 0 Å². The third-order valence-electron chi connectivity index (χ3n) is 1.64. The minimum atomic E-state index is -0.325. The Bertz CT molecular complexity index is 222. The van der Waals surface area contributed by atoms with Gasteiger partial charge in [-0.05, 0) is 26.3 Å². The van der Waals surface area contributed by atoms with Gasteiger partial charge < -0.3 is 5.11 Å². The van der Waals surface area contributed by atoms with Gasteiger partial charge in [0.15, 0.2) is 0 Å². The van der Waals surface area contributed by atoms with Gasteiger partial charge in [-0.3, -0.25) is 4.68 Å². The molecule has 0 saturated carbocycles. The number of rotatable bonds is 2. The van der Waals surface area contributed by atoms with Gasteiger partial charge in [0, 0.05) is 6.20 Å². The van der Waals surface area contributed by atoms with Crippen LogP contribution in [0.3, 0.4) is 0 Å². The summed E-state index contributed by atoms with van der Waals surface area (Å²) in [6.07, 6.45) is 1.62. The van der Waals surface area contributed by atoms with Crippen molar-refractivity contribution in [1.82, 2.24) is 9.78 Å². The van der Waals surface area contributed by atoms with E-state index in [2.05, 4.69) is 5.10 Å². The van der Waals surface area contributed by atoms with Crippen molar-refractivity contribution in [3.63, 3.8) is 0 Å². The second-order valence-corrected chi connectivity index (χ2v) is 2.97. The van der Waals surface area contributed by atoms with E-state index >= 15 is 0 Å². The average Bonchev–Trinajstić information content (AvgIpc) is 2.34. The molecule has 1 aromatic rings. The van der Waals surface area contributed by atoms with Gasteiger partial charge in [0.25, 0.3) is 0 Å². The molecule has 0 bridgehead atoms. The van der Waals surface area contributed by atoms with Gasteiger partial charge in [-0.25, -0.2) is 0 Å². The molecule has 0 spiro atoms. The van der Waals surface area contributed by atoms with E-state index in [1.54, 1.807) is 11.6 Å². The Morgan fingerprint density at radius 3 is 2.31 bits per heavy atom. The molecule has 1 heterocycles. The number of aliphatic hydroxyl groups is 1. The van der Waals surface area contributed by atoms with Gasteiger partial charge in [-0.1, -0.05) is 13.8 Å². The first-order valence-electron chi connectivity index (χ1n) is 4.78. The smallest absolute Gasteiger partial charge is 0.0708 e. The van der Waals surface area contributed by atoms with Crippen LogP contribution in [0, 0.1) is 13.8 Å². The summed E-state index contributed by atoms with van der Waals surface area (Å²) >= 11 is 0. The molecule has 1 N–H and O–H groups in total. The fourth-order valence-electron chi connectivity index (χ4n) is 0.982. The van der Waals surface area contributed by atoms with E-state index in [1.165, 1.54) is 5.56 Å². The lowest BCUT2D eigenvalue weighted by Crippen LogP contribution is -2.11. The highest BCUT2D eigenvalue weighted by Gasteiger charge is 2.01. The van der Waals surface area contributed by atoms with Crippen LogP contribution >= 0.6 is 0 Å². The zero-order valence-corrected chi connectivity index (χ0v) is 9.20. The van der Waals surface area contributed by atoms with Gasteiger partial charge in [0.05, 0.1) is 18.3 Å². The molecule has 0 aliphatic heterocycles. The Morgan fingerprint density at radius 2 is 2.00 bits per heavy atom. The minimum absolute atomic E-state index is 0.325. The van der Waals surface area contributed by atoms with Crippen LogP contribution in [0.2, 0.25) is 0 Å². The topological polar surface area (TPSA) is 38.0 Å². The van der Waals surface area contributed by atoms with E-state index in [0.717, 1.165) is 5.69 Å². The minimum Gasteiger partial charge on any atom is -0.391 e. The van der Waals surface area contributed by atoms with Crippen LogP contribution in [-0.4, -0.2) is 21.0 Å². The van der Waals surface area contributed by atoms with Gasteiger partial charge in [0.2, 0.25) is 0 Å². The van der Waals surface area contributed by atoms with Gasteiger partial charge in [-0.2, -0.15) is 5.10 Å². The Balaban J connectivity index is 0.000000671. The Kier molecular flexibility index (Phi) is 5.39. The molecule has 0 radical (unpaired) electrons. The lowest BCUT2D eigenvalue weighted by molar-refractivity contribution is 0.168. The van der Waals surface area contributed by atoms with Crippen LogP contribution in [0.25, 0.3) is 0 Å². The zero-order valence-electron chi connectivity index (χ0n) is 9.20. The summed E-state index contributed by atoms with van der Waals surface area (Å²) in [6, 6.07) is 0. The Labute approximate surface area is 80.4 Å². The number of aliphatic hydroxyl groups excluding tert-OH is 1. The summed E-state index contributed by atoms with van der Waals surface area (Å²) in [5.41, 5.74) is 2.20. The van der Waals surface area contributed by atoms with Crippen LogP contribution in [-0.2, 0) is 6.54 Å². The fraction of sp³-hybridized carbons (Fsp3) is 0.700. The maximum absolute atomic E-state index is 9.05. The number of hydrogen-bond acceptors (Lipinski definition) is 2. The summed E-state index contributed by atoms with van der Waals surface area (Å²) in [4.78, 5) is 0. The molecule has 1 aromatic heterocycles. The first-order chi connectivity index (χ1) is 6.09. The fourth-order valence-corrected chi connectivity index (χ4v) is 0.982. The molecule has 76 valence electrons. The second-order valence-electron chi connectivity index (χ2n) is 2.97. The van der Waals surface area contributed by atoms with Crippen molar-refractivity contribution in [1.29, 1.82) is 0 Å². The van der Waals surface area contributed by atoms with E-state index in [4.69, 9.17) is 5.11 Å². The molecule has 1 rings (SSSR count). The van der Waals surface area contributed by atoms with Crippen molar-refractivity contribution in [3.05, 3.63) is 17.5 Å². The molecule has 0 aliphatic rings. The predicted molar refractivity (Wildman–Crippen MR) is 54.7 cm³/mol. The maximum atomic E-state index is 9.05. The summed E-state index contributed by atoms with van der Waals surface area (Å²) in [6.45, 7) is 10.3. The summed E-state index contributed by atoms with van der Waals surface area (Å²) in [5, 5.41) is 13.3. The molecule has 3 nitrogen and oxygen atoms in total. The second kappa shape index (κ2) is 5.75. The molecule has 3 heteroatoms. The van der Waals surface area contributed by atoms with Crippen LogP contribution < -0.4 is 0 Å². The van der Waals surface area contributed by atoms with Crippen molar-refractivity contribution in [2.24, 2.45) is 0 Å². The first-order valence-corrected chi connectivity index (χ1v) is 4.78. The number of hydrogen-bond donors (Lipinski definition) is 1. The molecule has 0 aromatic carbocycles. The molecule has 0 saturated heterocycles. The first kappa shape index (κ1) is 12.2. The average molecular weight is 184 g/mol. The lowest BCUT2D eigenvalue weighted by Gasteiger charge is -2.02. The van der Waals surface area contributed by atoms with Gasteiger partial charge in [-0.15, -0.1) is 0 Å². The Hall–Kier alpha value is -0.830. The van der Waals surface area contributed by atoms with E-state index in [9.17, 15) is 0 Å². The van der Waals surface area contributed by atoms with Crippen molar-refractivity contribution < 1.29 is 5.11 Å². The van der Waals surface area contributed by atoms with E-state index in [1.807, 2.05) is 33.9 Å². The lowest BCUT2D eigenvalue weighted by atomic mass is 10.3. The van der Waals surface area contributed by atoms with Gasteiger partial charge in [0.1, 0.15) is 0 Å². The molecule has 0 aliphatic carbocycles. The molecule has 1 unspecified atom stereocenters. The SMILES string of the molecule is CC.Cc1cn(CC(C)O)nc1C. The highest BCUT2D eigenvalue weighted by atomic mass is 16.3. The molecular formula is C10H20N2O. The number of aryl methyl sites for hydroxylation is 2. The monoisotopic (exact) mass is 184 g/mol. The maximum Gasteiger partial charge on any atom is 0.0708 e. The third-order valence-corrected chi connectivity index (χ3v) is 1.64. The molecular weight excluding hydrogens is 164 g/mol. The standard InChI is InChI=1S/C8H14N2O.C2H6/c1-6-4-10(5-7(2)11)9-8(6)3;1-2/h4,7,11H,5H2,1-3H3;1-2H3. The molecule has 1 atom stereocenters. The Morgan fingerprint density at radius 1 is 1.46 bits per heavy atom. The molecule has 0 amide bonds. The normalized spacial score (nSPS) is 11.8. The van der Waals surface area contributed by atoms with Crippen LogP contribution in [0.15, 0.2) is 6.20 Å². The largest absolute Gasteiger partial charge is 0.391 e. The van der Waals surface area contributed by atoms with Crippen LogP contribution in [0.4, 0.5) is 0 Å².